The Hall–Kier alpha value is -4.52. The van der Waals surface area contributed by atoms with Crippen LogP contribution in [0.5, 0.6) is 0 Å². The average Bonchev–Trinajstić information content (AvgIpc) is 3.26. The van der Waals surface area contributed by atoms with E-state index in [1.54, 1.807) is 0 Å². The number of thioether (sulfide) groups is 1. The largest absolute Gasteiger partial charge is 0.416 e. The van der Waals surface area contributed by atoms with Crippen LogP contribution in [0.2, 0.25) is 0 Å². The fraction of sp³-hybridized carbons (Fsp3) is 0.317. The molecule has 4 aromatic carbocycles. The van der Waals surface area contributed by atoms with Gasteiger partial charge in [-0.3, -0.25) is 9.59 Å². The molecule has 278 valence electrons. The van der Waals surface area contributed by atoms with Crippen LogP contribution in [0.4, 0.5) is 22.0 Å². The molecule has 12 heteroatoms. The molecule has 6 nitrogen and oxygen atoms in total. The zero-order valence-corrected chi connectivity index (χ0v) is 28.9. The van der Waals surface area contributed by atoms with Gasteiger partial charge in [-0.05, 0) is 66.7 Å². The van der Waals surface area contributed by atoms with Crippen LogP contribution in [-0.2, 0) is 34.4 Å². The number of likely N-dealkylation sites (tertiary alicyclic amines) is 1. The Labute approximate surface area is 328 Å². The number of halogens is 5. The van der Waals surface area contributed by atoms with Crippen molar-refractivity contribution in [2.24, 2.45) is 0 Å². The van der Waals surface area contributed by atoms with Crippen molar-refractivity contribution in [3.8, 4) is 11.1 Å². The van der Waals surface area contributed by atoms with Crippen molar-refractivity contribution in [1.29, 1.82) is 0 Å². The minimum Gasteiger partial charge on any atom is -0.383 e. The maximum atomic E-state index is 15.4. The number of aromatic nitrogens is 1. The number of ether oxygens (including phenoxy) is 1. The summed E-state index contributed by atoms with van der Waals surface area (Å²) in [6.07, 6.45) is -5.35. The molecule has 2 heterocycles. The van der Waals surface area contributed by atoms with Crippen LogP contribution in [0.25, 0.3) is 22.0 Å². The van der Waals surface area contributed by atoms with Gasteiger partial charge in [0.1, 0.15) is 6.50 Å². The lowest BCUT2D eigenvalue weighted by Gasteiger charge is -2.39. The maximum absolute atomic E-state index is 15.4. The van der Waals surface area contributed by atoms with E-state index in [-0.39, 0.29) is 59.0 Å². The summed E-state index contributed by atoms with van der Waals surface area (Å²) >= 11 is -0.233. The molecule has 1 aliphatic heterocycles. The number of methoxy groups -OCH3 is 1. The summed E-state index contributed by atoms with van der Waals surface area (Å²) in [4.78, 5) is 30.8. The molecule has 1 aliphatic rings. The average molecular weight is 764 g/mol. The number of carbonyl (C=O) groups is 1. The van der Waals surface area contributed by atoms with Gasteiger partial charge in [-0.1, -0.05) is 60.1 Å². The van der Waals surface area contributed by atoms with Crippen molar-refractivity contribution in [3.05, 3.63) is 135 Å². The first kappa shape index (κ1) is 24.0. The smallest absolute Gasteiger partial charge is 0.383 e. The van der Waals surface area contributed by atoms with Gasteiger partial charge in [-0.15, -0.1) is 11.8 Å². The summed E-state index contributed by atoms with van der Waals surface area (Å²) in [5, 5.41) is -1.95. The van der Waals surface area contributed by atoms with Gasteiger partial charge in [0.25, 0.3) is 0 Å². The van der Waals surface area contributed by atoms with Gasteiger partial charge in [0.2, 0.25) is 5.91 Å². The van der Waals surface area contributed by atoms with Gasteiger partial charge < -0.3 is 19.1 Å². The van der Waals surface area contributed by atoms with Crippen LogP contribution >= 0.6 is 11.8 Å². The third-order valence-electron chi connectivity index (χ3n) is 8.24. The van der Waals surface area contributed by atoms with E-state index in [9.17, 15) is 27.8 Å². The molecule has 0 unspecified atom stereocenters. The van der Waals surface area contributed by atoms with Gasteiger partial charge in [0.05, 0.1) is 36.4 Å². The quantitative estimate of drug-likeness (QED) is 0.0941. The SMILES string of the molecule is [2H]c1c(C)c([2H])c2c(=O)c([2H])c(SC([2H])([2H])c3cccc(F)c3F)n(C([2H])([2H])C(=O)N(C3CCN(C([2H])([2H])C([2H])([2H])OC)CC3)C([2H])([2H])c3ccc(-c4ccc(C(F)(F)F)cc4)cc3)c2c1[2H]. The van der Waals surface area contributed by atoms with E-state index in [4.69, 9.17) is 18.4 Å². The van der Waals surface area contributed by atoms with Gasteiger partial charge in [-0.25, -0.2) is 8.78 Å². The Morgan fingerprint density at radius 2 is 1.68 bits per heavy atom. The van der Waals surface area contributed by atoms with Crippen molar-refractivity contribution in [3.63, 3.8) is 0 Å². The molecule has 0 atom stereocenters. The summed E-state index contributed by atoms with van der Waals surface area (Å²) in [6.45, 7) is -12.2. The van der Waals surface area contributed by atoms with Gasteiger partial charge >= 0.3 is 6.18 Å². The molecule has 0 spiro atoms. The Balaban J connectivity index is 1.57. The van der Waals surface area contributed by atoms with Crippen molar-refractivity contribution >= 4 is 28.6 Å². The zero-order chi connectivity index (χ0) is 50.1. The molecular weight excluding hydrogens is 710 g/mol. The molecule has 0 bridgehead atoms. The number of hydrogen-bond donors (Lipinski definition) is 0. The number of rotatable bonds is 12. The third kappa shape index (κ3) is 9.17. The molecule has 0 N–H and O–H groups in total. The molecule has 1 saturated heterocycles. The van der Waals surface area contributed by atoms with Crippen LogP contribution < -0.4 is 5.43 Å². The predicted molar refractivity (Wildman–Crippen MR) is 198 cm³/mol. The normalized spacial score (nSPS) is 19.4. The Bertz CT molecular complexity index is 2790. The third-order valence-corrected chi connectivity index (χ3v) is 9.04. The summed E-state index contributed by atoms with van der Waals surface area (Å²) in [6, 6.07) is 6.32. The highest BCUT2D eigenvalue weighted by atomic mass is 32.2. The van der Waals surface area contributed by atoms with Crippen molar-refractivity contribution in [1.82, 2.24) is 14.4 Å². The molecule has 0 radical (unpaired) electrons. The van der Waals surface area contributed by atoms with Crippen LogP contribution in [0, 0.1) is 18.6 Å². The number of piperidine rings is 1. The lowest BCUT2D eigenvalue weighted by molar-refractivity contribution is -0.137. The molecular formula is C41H40F5N3O3S. The van der Waals surface area contributed by atoms with E-state index < -0.39 is 118 Å². The second kappa shape index (κ2) is 16.7. The number of fused-ring (bicyclic) bond motifs is 1. The van der Waals surface area contributed by atoms with Crippen molar-refractivity contribution in [2.75, 3.05) is 33.3 Å². The van der Waals surface area contributed by atoms with Crippen molar-refractivity contribution in [2.45, 2.75) is 55.7 Å². The standard InChI is InChI=1S/C41H40F5N3O3S/c1-27-6-15-36-34(22-27)37(50)23-39(53-26-31-4-3-5-35(42)40(31)43)49(36)25-38(51)48(33-16-18-47(19-17-33)20-21-52-2)24-28-7-9-29(10-8-28)30-11-13-32(14-12-30)41(44,45)46/h3-15,22-23,33H,16-21,24-26H2,1-2H3/i6D,15D,20D2,21D2,22D,23D,24D2,25D2,26D2. The number of alkyl halides is 3. The minimum atomic E-state index is -4.63. The predicted octanol–water partition coefficient (Wildman–Crippen LogP) is 8.71. The zero-order valence-electron chi connectivity index (χ0n) is 42.1. The number of carbonyl (C=O) groups excluding carboxylic acids is 1. The first-order valence-electron chi connectivity index (χ1n) is 23.1. The van der Waals surface area contributed by atoms with Gasteiger partial charge in [0.15, 0.2) is 17.1 Å². The number of amides is 1. The highest BCUT2D eigenvalue weighted by Gasteiger charge is 2.31. The lowest BCUT2D eigenvalue weighted by atomic mass is 10.00. The van der Waals surface area contributed by atoms with Crippen LogP contribution in [0.3, 0.4) is 0 Å². The Morgan fingerprint density at radius 1 is 1.00 bits per heavy atom. The minimum absolute atomic E-state index is 0.198. The first-order valence-corrected chi connectivity index (χ1v) is 16.9. The Morgan fingerprint density at radius 3 is 2.34 bits per heavy atom. The fourth-order valence-corrected chi connectivity index (χ4v) is 6.27. The lowest BCUT2D eigenvalue weighted by Crippen LogP contribution is -2.48. The number of nitrogens with zero attached hydrogens (tertiary/aromatic N) is 3. The number of pyridine rings is 1. The van der Waals surface area contributed by atoms with Crippen LogP contribution in [0.15, 0.2) is 101 Å². The van der Waals surface area contributed by atoms with Crippen LogP contribution in [-0.4, -0.2) is 59.6 Å². The Kier molecular flexibility index (Phi) is 7.54. The van der Waals surface area contributed by atoms with E-state index in [1.807, 2.05) is 0 Å². The van der Waals surface area contributed by atoms with Crippen LogP contribution in [0.1, 0.15) is 54.3 Å². The second-order valence-electron chi connectivity index (χ2n) is 11.8. The first-order chi connectivity index (χ1) is 30.8. The highest BCUT2D eigenvalue weighted by Crippen LogP contribution is 2.32. The van der Waals surface area contributed by atoms with Gasteiger partial charge in [0, 0.05) is 67.4 Å². The molecule has 5 aromatic rings. The molecule has 53 heavy (non-hydrogen) atoms. The number of hydrogen-bond acceptors (Lipinski definition) is 5. The summed E-state index contributed by atoms with van der Waals surface area (Å²) < 4.78 is 199. The molecule has 1 fully saturated rings. The molecule has 0 saturated carbocycles. The van der Waals surface area contributed by atoms with E-state index in [0.717, 1.165) is 36.3 Å². The van der Waals surface area contributed by atoms with E-state index in [2.05, 4.69) is 0 Å². The van der Waals surface area contributed by atoms with E-state index >= 15 is 9.18 Å². The topological polar surface area (TPSA) is 54.8 Å². The molecule has 1 amide bonds. The van der Waals surface area contributed by atoms with Crippen molar-refractivity contribution < 1.29 is 50.7 Å². The molecule has 0 aliphatic carbocycles. The summed E-state index contributed by atoms with van der Waals surface area (Å²) in [5.41, 5.74) is -7.48. The summed E-state index contributed by atoms with van der Waals surface area (Å²) in [7, 11) is 0.942. The maximum Gasteiger partial charge on any atom is 0.416 e. The second-order valence-corrected chi connectivity index (χ2v) is 12.6. The van der Waals surface area contributed by atoms with Gasteiger partial charge in [-0.2, -0.15) is 13.2 Å². The van der Waals surface area contributed by atoms with E-state index in [0.29, 0.717) is 16.5 Å². The monoisotopic (exact) mass is 763 g/mol. The van der Waals surface area contributed by atoms with E-state index in [1.165, 1.54) is 43.3 Å². The number of benzene rings is 4. The fourth-order valence-electron chi connectivity index (χ4n) is 5.54. The highest BCUT2D eigenvalue weighted by molar-refractivity contribution is 7.98. The summed E-state index contributed by atoms with van der Waals surface area (Å²) in [5.74, 6) is -5.02. The molecule has 6 rings (SSSR count). The molecule has 1 aromatic heterocycles.